The Labute approximate surface area is 177 Å². The van der Waals surface area contributed by atoms with Crippen molar-refractivity contribution in [2.75, 3.05) is 11.9 Å². The second-order valence-corrected chi connectivity index (χ2v) is 7.23. The number of rotatable bonds is 9. The normalized spacial score (nSPS) is 10.7. The SMILES string of the molecule is CCCOc1ccc(Br)cc1C=NNC(=O)CCC(=O)Nc1cccc(Cl)c1. The third-order valence-corrected chi connectivity index (χ3v) is 4.24. The van der Waals surface area contributed by atoms with E-state index < -0.39 is 0 Å². The fourth-order valence-corrected chi connectivity index (χ4v) is 2.78. The molecule has 2 N–H and O–H groups in total. The van der Waals surface area contributed by atoms with Crippen LogP contribution >= 0.6 is 27.5 Å². The zero-order valence-corrected chi connectivity index (χ0v) is 17.7. The summed E-state index contributed by atoms with van der Waals surface area (Å²) in [5.74, 6) is 0.0519. The van der Waals surface area contributed by atoms with Crippen molar-refractivity contribution in [3.63, 3.8) is 0 Å². The number of nitrogens with zero attached hydrogens (tertiary/aromatic N) is 1. The van der Waals surface area contributed by atoms with Gasteiger partial charge < -0.3 is 10.1 Å². The fourth-order valence-electron chi connectivity index (χ4n) is 2.21. The van der Waals surface area contributed by atoms with Gasteiger partial charge in [-0.3, -0.25) is 9.59 Å². The number of carbonyl (C=O) groups is 2. The first-order valence-electron chi connectivity index (χ1n) is 8.77. The summed E-state index contributed by atoms with van der Waals surface area (Å²) in [6.07, 6.45) is 2.46. The third kappa shape index (κ3) is 7.70. The Morgan fingerprint density at radius 3 is 2.71 bits per heavy atom. The largest absolute Gasteiger partial charge is 0.493 e. The van der Waals surface area contributed by atoms with E-state index in [9.17, 15) is 9.59 Å². The Bertz CT molecular complexity index is 858. The average molecular weight is 467 g/mol. The molecule has 0 unspecified atom stereocenters. The second-order valence-electron chi connectivity index (χ2n) is 5.88. The molecule has 2 amide bonds. The van der Waals surface area contributed by atoms with Gasteiger partial charge in [0.05, 0.1) is 12.8 Å². The molecule has 0 aliphatic carbocycles. The molecule has 8 heteroatoms. The van der Waals surface area contributed by atoms with E-state index in [0.717, 1.165) is 16.5 Å². The minimum Gasteiger partial charge on any atom is -0.493 e. The predicted octanol–water partition coefficient (Wildman–Crippen LogP) is 4.76. The van der Waals surface area contributed by atoms with E-state index in [2.05, 4.69) is 31.8 Å². The highest BCUT2D eigenvalue weighted by Crippen LogP contribution is 2.22. The van der Waals surface area contributed by atoms with Gasteiger partial charge in [-0.2, -0.15) is 5.10 Å². The van der Waals surface area contributed by atoms with Crippen LogP contribution in [0.25, 0.3) is 0 Å². The van der Waals surface area contributed by atoms with Crippen molar-refractivity contribution < 1.29 is 14.3 Å². The lowest BCUT2D eigenvalue weighted by atomic mass is 10.2. The van der Waals surface area contributed by atoms with Crippen molar-refractivity contribution >= 4 is 51.2 Å². The van der Waals surface area contributed by atoms with Gasteiger partial charge in [-0.1, -0.05) is 40.5 Å². The molecule has 2 aromatic rings. The first-order chi connectivity index (χ1) is 13.5. The number of ether oxygens (including phenoxy) is 1. The molecule has 0 aliphatic rings. The zero-order chi connectivity index (χ0) is 20.4. The lowest BCUT2D eigenvalue weighted by Crippen LogP contribution is -2.20. The Balaban J connectivity index is 1.82. The molecule has 28 heavy (non-hydrogen) atoms. The smallest absolute Gasteiger partial charge is 0.240 e. The summed E-state index contributed by atoms with van der Waals surface area (Å²) in [4.78, 5) is 23.8. The summed E-state index contributed by atoms with van der Waals surface area (Å²) in [6, 6.07) is 12.4. The van der Waals surface area contributed by atoms with E-state index in [1.807, 2.05) is 25.1 Å². The van der Waals surface area contributed by atoms with Crippen LogP contribution in [0, 0.1) is 0 Å². The van der Waals surface area contributed by atoms with Crippen LogP contribution in [0.5, 0.6) is 5.75 Å². The summed E-state index contributed by atoms with van der Waals surface area (Å²) >= 11 is 9.27. The average Bonchev–Trinajstić information content (AvgIpc) is 2.66. The van der Waals surface area contributed by atoms with Crippen LogP contribution in [-0.2, 0) is 9.59 Å². The van der Waals surface area contributed by atoms with Gasteiger partial charge in [0.25, 0.3) is 0 Å². The first kappa shape index (κ1) is 21.9. The lowest BCUT2D eigenvalue weighted by Gasteiger charge is -2.08. The Morgan fingerprint density at radius 2 is 1.96 bits per heavy atom. The number of halogens is 2. The number of benzene rings is 2. The zero-order valence-electron chi connectivity index (χ0n) is 15.4. The van der Waals surface area contributed by atoms with Gasteiger partial charge in [0.15, 0.2) is 0 Å². The number of carbonyl (C=O) groups excluding carboxylic acids is 2. The molecule has 0 radical (unpaired) electrons. The van der Waals surface area contributed by atoms with Crippen molar-refractivity contribution in [1.29, 1.82) is 0 Å². The minimum atomic E-state index is -0.358. The van der Waals surface area contributed by atoms with Gasteiger partial charge >= 0.3 is 0 Å². The maximum Gasteiger partial charge on any atom is 0.240 e. The van der Waals surface area contributed by atoms with E-state index in [4.69, 9.17) is 16.3 Å². The number of hydrogen-bond acceptors (Lipinski definition) is 4. The molecule has 0 aromatic heterocycles. The maximum atomic E-state index is 11.9. The lowest BCUT2D eigenvalue weighted by molar-refractivity contribution is -0.124. The Hall–Kier alpha value is -2.38. The van der Waals surface area contributed by atoms with Gasteiger partial charge in [0.2, 0.25) is 11.8 Å². The second kappa shape index (κ2) is 11.5. The van der Waals surface area contributed by atoms with Crippen LogP contribution in [-0.4, -0.2) is 24.6 Å². The van der Waals surface area contributed by atoms with E-state index >= 15 is 0 Å². The summed E-state index contributed by atoms with van der Waals surface area (Å²) in [5, 5.41) is 7.17. The van der Waals surface area contributed by atoms with Gasteiger partial charge in [-0.25, -0.2) is 5.43 Å². The predicted molar refractivity (Wildman–Crippen MR) is 115 cm³/mol. The van der Waals surface area contributed by atoms with Crippen LogP contribution in [0.15, 0.2) is 52.0 Å². The van der Waals surface area contributed by atoms with Gasteiger partial charge in [0, 0.05) is 33.6 Å². The monoisotopic (exact) mass is 465 g/mol. The van der Waals surface area contributed by atoms with Gasteiger partial charge in [0.1, 0.15) is 5.75 Å². The molecule has 0 saturated heterocycles. The molecule has 0 saturated carbocycles. The molecule has 2 aromatic carbocycles. The number of hydrogen-bond donors (Lipinski definition) is 2. The quantitative estimate of drug-likeness (QED) is 0.413. The van der Waals surface area contributed by atoms with Gasteiger partial charge in [-0.15, -0.1) is 0 Å². The van der Waals surface area contributed by atoms with Gasteiger partial charge in [-0.05, 0) is 42.8 Å². The number of amides is 2. The van der Waals surface area contributed by atoms with E-state index in [-0.39, 0.29) is 24.7 Å². The fraction of sp³-hybridized carbons (Fsp3) is 0.250. The molecule has 0 fully saturated rings. The molecule has 148 valence electrons. The van der Waals surface area contributed by atoms with Crippen molar-refractivity contribution in [2.45, 2.75) is 26.2 Å². The summed E-state index contributed by atoms with van der Waals surface area (Å²) in [6.45, 7) is 2.62. The molecule has 2 rings (SSSR count). The number of anilines is 1. The highest BCUT2D eigenvalue weighted by atomic mass is 79.9. The third-order valence-electron chi connectivity index (χ3n) is 3.51. The number of hydrazone groups is 1. The molecule has 0 bridgehead atoms. The standard InChI is InChI=1S/C20H21BrClN3O3/c1-2-10-28-18-7-6-15(21)11-14(18)13-23-25-20(27)9-8-19(26)24-17-5-3-4-16(22)12-17/h3-7,11-13H,2,8-10H2,1H3,(H,24,26)(H,25,27). The highest BCUT2D eigenvalue weighted by Gasteiger charge is 2.07. The topological polar surface area (TPSA) is 79.8 Å². The molecular weight excluding hydrogens is 446 g/mol. The van der Waals surface area contributed by atoms with E-state index in [1.54, 1.807) is 24.3 Å². The van der Waals surface area contributed by atoms with Crippen molar-refractivity contribution in [3.05, 3.63) is 57.5 Å². The van der Waals surface area contributed by atoms with E-state index in [1.165, 1.54) is 6.21 Å². The van der Waals surface area contributed by atoms with Crippen LogP contribution in [0.4, 0.5) is 5.69 Å². The summed E-state index contributed by atoms with van der Waals surface area (Å²) in [5.41, 5.74) is 3.75. The van der Waals surface area contributed by atoms with Crippen molar-refractivity contribution in [1.82, 2.24) is 5.43 Å². The molecule has 0 aliphatic heterocycles. The minimum absolute atomic E-state index is 0.0153. The highest BCUT2D eigenvalue weighted by molar-refractivity contribution is 9.10. The Kier molecular flexibility index (Phi) is 8.97. The maximum absolute atomic E-state index is 11.9. The molecular formula is C20H21BrClN3O3. The first-order valence-corrected chi connectivity index (χ1v) is 9.94. The van der Waals surface area contributed by atoms with E-state index in [0.29, 0.717) is 23.1 Å². The molecule has 0 heterocycles. The van der Waals surface area contributed by atoms with Crippen LogP contribution in [0.1, 0.15) is 31.7 Å². The van der Waals surface area contributed by atoms with Crippen LogP contribution < -0.4 is 15.5 Å². The van der Waals surface area contributed by atoms with Crippen molar-refractivity contribution in [3.8, 4) is 5.75 Å². The summed E-state index contributed by atoms with van der Waals surface area (Å²) in [7, 11) is 0. The molecule has 0 spiro atoms. The number of nitrogens with one attached hydrogen (secondary N) is 2. The molecule has 6 nitrogen and oxygen atoms in total. The Morgan fingerprint density at radius 1 is 1.18 bits per heavy atom. The van der Waals surface area contributed by atoms with Crippen molar-refractivity contribution in [2.24, 2.45) is 5.10 Å². The summed E-state index contributed by atoms with van der Waals surface area (Å²) < 4.78 is 6.53. The van der Waals surface area contributed by atoms with Crippen LogP contribution in [0.3, 0.4) is 0 Å². The molecule has 0 atom stereocenters. The van der Waals surface area contributed by atoms with Crippen LogP contribution in [0.2, 0.25) is 5.02 Å².